The Bertz CT molecular complexity index is 742. The van der Waals surface area contributed by atoms with Gasteiger partial charge in [-0.25, -0.2) is 9.97 Å². The third kappa shape index (κ3) is 2.63. The van der Waals surface area contributed by atoms with Gasteiger partial charge in [-0.15, -0.1) is 0 Å². The van der Waals surface area contributed by atoms with Crippen molar-refractivity contribution in [3.05, 3.63) is 53.3 Å². The molecule has 0 fully saturated rings. The van der Waals surface area contributed by atoms with Crippen LogP contribution in [0.4, 0.5) is 11.6 Å². The molecule has 0 saturated heterocycles. The maximum Gasteiger partial charge on any atom is 0.150 e. The molecule has 19 heavy (non-hydrogen) atoms. The van der Waals surface area contributed by atoms with Crippen LogP contribution in [0.1, 0.15) is 5.56 Å². The Labute approximate surface area is 115 Å². The summed E-state index contributed by atoms with van der Waals surface area (Å²) in [6.07, 6.45) is 3.43. The van der Waals surface area contributed by atoms with Gasteiger partial charge in [0.25, 0.3) is 0 Å². The smallest absolute Gasteiger partial charge is 0.150 e. The van der Waals surface area contributed by atoms with Crippen LogP contribution >= 0.6 is 11.6 Å². The molecule has 94 valence electrons. The molecule has 0 unspecified atom stereocenters. The molecule has 4 nitrogen and oxygen atoms in total. The summed E-state index contributed by atoms with van der Waals surface area (Å²) in [5, 5.41) is 3.79. The average Bonchev–Trinajstić information content (AvgIpc) is 2.39. The highest BCUT2D eigenvalue weighted by Gasteiger charge is 2.02. The minimum absolute atomic E-state index is 0.655. The SMILES string of the molecule is Cc1ccnc(Nc2cnc3cc(Cl)ccc3n2)c1. The summed E-state index contributed by atoms with van der Waals surface area (Å²) in [5.41, 5.74) is 2.70. The number of nitrogens with one attached hydrogen (secondary N) is 1. The summed E-state index contributed by atoms with van der Waals surface area (Å²) in [5.74, 6) is 1.41. The number of nitrogens with zero attached hydrogens (tertiary/aromatic N) is 3. The van der Waals surface area contributed by atoms with Crippen LogP contribution in [0.25, 0.3) is 11.0 Å². The minimum Gasteiger partial charge on any atom is -0.324 e. The van der Waals surface area contributed by atoms with E-state index in [0.29, 0.717) is 10.8 Å². The molecular formula is C14H11ClN4. The highest BCUT2D eigenvalue weighted by Crippen LogP contribution is 2.19. The number of aromatic nitrogens is 3. The number of hydrogen-bond acceptors (Lipinski definition) is 4. The van der Waals surface area contributed by atoms with E-state index < -0.39 is 0 Å². The van der Waals surface area contributed by atoms with E-state index in [4.69, 9.17) is 11.6 Å². The second kappa shape index (κ2) is 4.82. The Balaban J connectivity index is 1.95. The second-order valence-electron chi connectivity index (χ2n) is 4.23. The van der Waals surface area contributed by atoms with E-state index >= 15 is 0 Å². The molecule has 0 aliphatic heterocycles. The van der Waals surface area contributed by atoms with Gasteiger partial charge in [0.05, 0.1) is 17.2 Å². The largest absolute Gasteiger partial charge is 0.324 e. The highest BCUT2D eigenvalue weighted by molar-refractivity contribution is 6.31. The summed E-state index contributed by atoms with van der Waals surface area (Å²) in [7, 11) is 0. The Morgan fingerprint density at radius 2 is 1.89 bits per heavy atom. The Morgan fingerprint density at radius 1 is 1.00 bits per heavy atom. The number of fused-ring (bicyclic) bond motifs is 1. The van der Waals surface area contributed by atoms with Crippen LogP contribution in [-0.2, 0) is 0 Å². The zero-order valence-electron chi connectivity index (χ0n) is 10.3. The summed E-state index contributed by atoms with van der Waals surface area (Å²) in [6.45, 7) is 2.01. The molecule has 0 bridgehead atoms. The van der Waals surface area contributed by atoms with Crippen molar-refractivity contribution in [1.29, 1.82) is 0 Å². The van der Waals surface area contributed by atoms with Crippen molar-refractivity contribution >= 4 is 34.3 Å². The fraction of sp³-hybridized carbons (Fsp3) is 0.0714. The molecule has 0 saturated carbocycles. The van der Waals surface area contributed by atoms with Gasteiger partial charge < -0.3 is 5.32 Å². The molecule has 2 aromatic heterocycles. The first-order valence-electron chi connectivity index (χ1n) is 5.83. The van der Waals surface area contributed by atoms with Crippen molar-refractivity contribution < 1.29 is 0 Å². The number of pyridine rings is 1. The lowest BCUT2D eigenvalue weighted by Gasteiger charge is -2.06. The number of hydrogen-bond donors (Lipinski definition) is 1. The molecule has 3 aromatic rings. The quantitative estimate of drug-likeness (QED) is 0.771. The van der Waals surface area contributed by atoms with Crippen LogP contribution in [0, 0.1) is 6.92 Å². The monoisotopic (exact) mass is 270 g/mol. The third-order valence-electron chi connectivity index (χ3n) is 2.68. The van der Waals surface area contributed by atoms with Crippen LogP contribution in [0.5, 0.6) is 0 Å². The zero-order chi connectivity index (χ0) is 13.2. The van der Waals surface area contributed by atoms with Crippen molar-refractivity contribution in [2.75, 3.05) is 5.32 Å². The first-order chi connectivity index (χ1) is 9.20. The van der Waals surface area contributed by atoms with Gasteiger partial charge in [-0.05, 0) is 42.8 Å². The van der Waals surface area contributed by atoms with Crippen LogP contribution in [0.2, 0.25) is 5.02 Å². The van der Waals surface area contributed by atoms with Crippen LogP contribution in [-0.4, -0.2) is 15.0 Å². The van der Waals surface area contributed by atoms with Gasteiger partial charge in [0.15, 0.2) is 5.82 Å². The summed E-state index contributed by atoms with van der Waals surface area (Å²) in [4.78, 5) is 13.0. The molecular weight excluding hydrogens is 260 g/mol. The second-order valence-corrected chi connectivity index (χ2v) is 4.67. The molecule has 0 aliphatic rings. The van der Waals surface area contributed by atoms with Crippen LogP contribution in [0.15, 0.2) is 42.7 Å². The first-order valence-corrected chi connectivity index (χ1v) is 6.20. The van der Waals surface area contributed by atoms with E-state index in [2.05, 4.69) is 20.3 Å². The first kappa shape index (κ1) is 11.9. The molecule has 0 atom stereocenters. The van der Waals surface area contributed by atoms with Crippen LogP contribution in [0.3, 0.4) is 0 Å². The molecule has 0 aliphatic carbocycles. The predicted molar refractivity (Wildman–Crippen MR) is 76.8 cm³/mol. The summed E-state index contributed by atoms with van der Waals surface area (Å²) >= 11 is 5.91. The van der Waals surface area contributed by atoms with Gasteiger partial charge >= 0.3 is 0 Å². The van der Waals surface area contributed by atoms with E-state index in [9.17, 15) is 0 Å². The Morgan fingerprint density at radius 3 is 2.74 bits per heavy atom. The van der Waals surface area contributed by atoms with Crippen molar-refractivity contribution in [1.82, 2.24) is 15.0 Å². The van der Waals surface area contributed by atoms with E-state index in [1.54, 1.807) is 24.5 Å². The Kier molecular flexibility index (Phi) is 3.01. The zero-order valence-corrected chi connectivity index (χ0v) is 11.0. The van der Waals surface area contributed by atoms with E-state index in [1.807, 2.05) is 25.1 Å². The molecule has 1 N–H and O–H groups in total. The van der Waals surface area contributed by atoms with Crippen molar-refractivity contribution in [3.63, 3.8) is 0 Å². The molecule has 0 radical (unpaired) electrons. The van der Waals surface area contributed by atoms with Gasteiger partial charge in [0.1, 0.15) is 5.82 Å². The standard InChI is InChI=1S/C14H11ClN4/c1-9-4-5-16-13(6-9)19-14-8-17-12-7-10(15)2-3-11(12)18-14/h2-8H,1H3,(H,16,18,19). The van der Waals surface area contributed by atoms with Crippen LogP contribution < -0.4 is 5.32 Å². The average molecular weight is 271 g/mol. The van der Waals surface area contributed by atoms with Gasteiger partial charge in [-0.3, -0.25) is 4.98 Å². The topological polar surface area (TPSA) is 50.7 Å². The van der Waals surface area contributed by atoms with Crippen molar-refractivity contribution in [2.45, 2.75) is 6.92 Å². The molecule has 5 heteroatoms. The molecule has 2 heterocycles. The van der Waals surface area contributed by atoms with Crippen molar-refractivity contribution in [3.8, 4) is 0 Å². The lowest BCUT2D eigenvalue weighted by Crippen LogP contribution is -1.97. The molecule has 0 amide bonds. The molecule has 3 rings (SSSR count). The van der Waals surface area contributed by atoms with Gasteiger partial charge in [0, 0.05) is 11.2 Å². The maximum absolute atomic E-state index is 5.91. The number of halogens is 1. The Hall–Kier alpha value is -2.20. The minimum atomic E-state index is 0.655. The van der Waals surface area contributed by atoms with Gasteiger partial charge in [-0.2, -0.15) is 0 Å². The van der Waals surface area contributed by atoms with Gasteiger partial charge in [-0.1, -0.05) is 11.6 Å². The maximum atomic E-state index is 5.91. The third-order valence-corrected chi connectivity index (χ3v) is 2.91. The fourth-order valence-corrected chi connectivity index (χ4v) is 1.95. The normalized spacial score (nSPS) is 10.6. The lowest BCUT2D eigenvalue weighted by atomic mass is 10.3. The fourth-order valence-electron chi connectivity index (χ4n) is 1.78. The number of benzene rings is 1. The molecule has 1 aromatic carbocycles. The van der Waals surface area contributed by atoms with Crippen molar-refractivity contribution in [2.24, 2.45) is 0 Å². The van der Waals surface area contributed by atoms with E-state index in [0.717, 1.165) is 22.4 Å². The molecule has 0 spiro atoms. The highest BCUT2D eigenvalue weighted by atomic mass is 35.5. The summed E-state index contributed by atoms with van der Waals surface area (Å²) in [6, 6.07) is 9.33. The lowest BCUT2D eigenvalue weighted by molar-refractivity contribution is 1.23. The number of anilines is 2. The predicted octanol–water partition coefficient (Wildman–Crippen LogP) is 3.73. The number of rotatable bonds is 2. The van der Waals surface area contributed by atoms with Gasteiger partial charge in [0.2, 0.25) is 0 Å². The van der Waals surface area contributed by atoms with E-state index in [1.165, 1.54) is 0 Å². The number of aryl methyl sites for hydroxylation is 1. The van der Waals surface area contributed by atoms with E-state index in [-0.39, 0.29) is 0 Å². The summed E-state index contributed by atoms with van der Waals surface area (Å²) < 4.78 is 0.